The minimum atomic E-state index is -0.431. The zero-order chi connectivity index (χ0) is 11.9. The average molecular weight is 220 g/mol. The van der Waals surface area contributed by atoms with E-state index in [2.05, 4.69) is 4.98 Å². The van der Waals surface area contributed by atoms with Crippen molar-refractivity contribution in [3.63, 3.8) is 0 Å². The van der Waals surface area contributed by atoms with Crippen LogP contribution >= 0.6 is 0 Å². The maximum Gasteiger partial charge on any atom is 0.311 e. The summed E-state index contributed by atoms with van der Waals surface area (Å²) in [5.74, 6) is 0.277. The number of methoxy groups -OCH3 is 1. The third-order valence-corrected chi connectivity index (χ3v) is 2.80. The molecule has 0 bridgehead atoms. The molecule has 0 aliphatic rings. The van der Waals surface area contributed by atoms with Gasteiger partial charge in [-0.05, 0) is 19.4 Å². The molecule has 0 atom stereocenters. The molecule has 1 heterocycles. The number of aryl methyl sites for hydroxylation is 2. The van der Waals surface area contributed by atoms with E-state index in [4.69, 9.17) is 4.74 Å². The largest absolute Gasteiger partial charge is 0.490 e. The van der Waals surface area contributed by atoms with Gasteiger partial charge in [0.15, 0.2) is 5.75 Å². The Hall–Kier alpha value is -2.04. The maximum atomic E-state index is 10.9. The van der Waals surface area contributed by atoms with Gasteiger partial charge in [0, 0.05) is 23.2 Å². The predicted molar refractivity (Wildman–Crippen MR) is 61.0 cm³/mol. The topological polar surface area (TPSA) is 68.2 Å². The summed E-state index contributed by atoms with van der Waals surface area (Å²) >= 11 is 0. The predicted octanol–water partition coefficient (Wildman–Crippen LogP) is 2.70. The number of ether oxygens (including phenoxy) is 1. The van der Waals surface area contributed by atoms with Gasteiger partial charge in [0.05, 0.1) is 17.5 Å². The fourth-order valence-electron chi connectivity index (χ4n) is 1.79. The van der Waals surface area contributed by atoms with Crippen molar-refractivity contribution < 1.29 is 9.66 Å². The Bertz CT molecular complexity index is 572. The second kappa shape index (κ2) is 3.52. The van der Waals surface area contributed by atoms with Crippen LogP contribution in [-0.4, -0.2) is 17.0 Å². The number of H-pyrrole nitrogens is 1. The highest BCUT2D eigenvalue weighted by atomic mass is 16.6. The number of nitrogens with one attached hydrogen (secondary N) is 1. The van der Waals surface area contributed by atoms with Crippen molar-refractivity contribution >= 4 is 16.6 Å². The van der Waals surface area contributed by atoms with Gasteiger partial charge in [-0.15, -0.1) is 0 Å². The monoisotopic (exact) mass is 220 g/mol. The quantitative estimate of drug-likeness (QED) is 0.625. The molecular weight excluding hydrogens is 208 g/mol. The van der Waals surface area contributed by atoms with Crippen LogP contribution in [0.5, 0.6) is 5.75 Å². The number of fused-ring (bicyclic) bond motifs is 1. The third kappa shape index (κ3) is 1.41. The van der Waals surface area contributed by atoms with E-state index in [0.717, 1.165) is 22.2 Å². The smallest absolute Gasteiger partial charge is 0.311 e. The first-order valence-electron chi connectivity index (χ1n) is 4.86. The molecule has 0 amide bonds. The number of hydrogen-bond acceptors (Lipinski definition) is 3. The number of nitrogens with zero attached hydrogens (tertiary/aromatic N) is 1. The molecule has 0 unspecified atom stereocenters. The Kier molecular flexibility index (Phi) is 2.30. The van der Waals surface area contributed by atoms with Gasteiger partial charge in [0.1, 0.15) is 0 Å². The van der Waals surface area contributed by atoms with E-state index in [-0.39, 0.29) is 11.4 Å². The number of nitro benzene ring substituents is 1. The van der Waals surface area contributed by atoms with E-state index >= 15 is 0 Å². The van der Waals surface area contributed by atoms with E-state index < -0.39 is 4.92 Å². The van der Waals surface area contributed by atoms with Crippen LogP contribution in [0.1, 0.15) is 11.3 Å². The van der Waals surface area contributed by atoms with Crippen LogP contribution in [0.2, 0.25) is 0 Å². The lowest BCUT2D eigenvalue weighted by Crippen LogP contribution is -1.93. The molecule has 0 aliphatic heterocycles. The number of benzene rings is 1. The molecule has 0 spiro atoms. The molecule has 1 aromatic heterocycles. The molecule has 0 aliphatic carbocycles. The Morgan fingerprint density at radius 1 is 1.38 bits per heavy atom. The molecule has 5 nitrogen and oxygen atoms in total. The van der Waals surface area contributed by atoms with Crippen molar-refractivity contribution in [2.45, 2.75) is 13.8 Å². The molecular formula is C11H12N2O3. The first-order chi connectivity index (χ1) is 7.54. The van der Waals surface area contributed by atoms with Crippen molar-refractivity contribution in [3.05, 3.63) is 33.5 Å². The molecule has 5 heteroatoms. The second-order valence-corrected chi connectivity index (χ2v) is 3.70. The fraction of sp³-hybridized carbons (Fsp3) is 0.273. The lowest BCUT2D eigenvalue weighted by atomic mass is 10.1. The normalized spacial score (nSPS) is 10.7. The molecule has 1 N–H and O–H groups in total. The highest BCUT2D eigenvalue weighted by molar-refractivity contribution is 5.88. The number of rotatable bonds is 2. The zero-order valence-corrected chi connectivity index (χ0v) is 9.33. The van der Waals surface area contributed by atoms with Crippen LogP contribution in [0.25, 0.3) is 10.9 Å². The van der Waals surface area contributed by atoms with Crippen LogP contribution in [0, 0.1) is 24.0 Å². The summed E-state index contributed by atoms with van der Waals surface area (Å²) in [6, 6.07) is 3.21. The highest BCUT2D eigenvalue weighted by Gasteiger charge is 2.18. The van der Waals surface area contributed by atoms with E-state index in [1.165, 1.54) is 7.11 Å². The lowest BCUT2D eigenvalue weighted by Gasteiger charge is -2.01. The van der Waals surface area contributed by atoms with Crippen molar-refractivity contribution in [1.29, 1.82) is 0 Å². The van der Waals surface area contributed by atoms with Gasteiger partial charge in [-0.1, -0.05) is 0 Å². The van der Waals surface area contributed by atoms with Gasteiger partial charge < -0.3 is 9.72 Å². The van der Waals surface area contributed by atoms with Gasteiger partial charge in [-0.25, -0.2) is 0 Å². The minimum absolute atomic E-state index is 0.00269. The van der Waals surface area contributed by atoms with E-state index in [1.807, 2.05) is 13.8 Å². The van der Waals surface area contributed by atoms with Crippen molar-refractivity contribution in [3.8, 4) is 5.75 Å². The molecule has 0 radical (unpaired) electrons. The van der Waals surface area contributed by atoms with Gasteiger partial charge in [0.2, 0.25) is 0 Å². The average Bonchev–Trinajstić information content (AvgIpc) is 2.53. The van der Waals surface area contributed by atoms with Gasteiger partial charge >= 0.3 is 5.69 Å². The summed E-state index contributed by atoms with van der Waals surface area (Å²) in [6.45, 7) is 3.87. The summed E-state index contributed by atoms with van der Waals surface area (Å²) in [5.41, 5.74) is 2.90. The van der Waals surface area contributed by atoms with Crippen molar-refractivity contribution in [2.24, 2.45) is 0 Å². The van der Waals surface area contributed by atoms with Gasteiger partial charge in [-0.3, -0.25) is 10.1 Å². The van der Waals surface area contributed by atoms with E-state index in [1.54, 1.807) is 12.1 Å². The number of nitro groups is 1. The lowest BCUT2D eigenvalue weighted by molar-refractivity contribution is -0.385. The molecule has 0 fully saturated rings. The number of hydrogen-bond donors (Lipinski definition) is 1. The molecule has 84 valence electrons. The minimum Gasteiger partial charge on any atom is -0.490 e. The Balaban J connectivity index is 2.80. The van der Waals surface area contributed by atoms with Crippen LogP contribution in [0.3, 0.4) is 0 Å². The molecule has 2 rings (SSSR count). The van der Waals surface area contributed by atoms with E-state index in [9.17, 15) is 10.1 Å². The SMILES string of the molecule is COc1cc2[nH]c(C)c(C)c2cc1[N+](=O)[O-]. The van der Waals surface area contributed by atoms with Crippen molar-refractivity contribution in [1.82, 2.24) is 4.98 Å². The van der Waals surface area contributed by atoms with E-state index in [0.29, 0.717) is 0 Å². The molecule has 0 saturated heterocycles. The molecule has 16 heavy (non-hydrogen) atoms. The first-order valence-corrected chi connectivity index (χ1v) is 4.86. The van der Waals surface area contributed by atoms with Crippen molar-refractivity contribution in [2.75, 3.05) is 7.11 Å². The van der Waals surface area contributed by atoms with Crippen LogP contribution in [0.15, 0.2) is 12.1 Å². The number of aromatic nitrogens is 1. The molecule has 1 aromatic carbocycles. The Labute approximate surface area is 92.2 Å². The van der Waals surface area contributed by atoms with Gasteiger partial charge in [0.25, 0.3) is 0 Å². The summed E-state index contributed by atoms with van der Waals surface area (Å²) in [7, 11) is 1.43. The summed E-state index contributed by atoms with van der Waals surface area (Å²) in [4.78, 5) is 13.6. The standard InChI is InChI=1S/C11H12N2O3/c1-6-7(2)12-9-5-11(16-3)10(13(14)15)4-8(6)9/h4-5,12H,1-3H3. The van der Waals surface area contributed by atoms with Crippen LogP contribution < -0.4 is 4.74 Å². The maximum absolute atomic E-state index is 10.9. The van der Waals surface area contributed by atoms with Crippen LogP contribution in [-0.2, 0) is 0 Å². The Morgan fingerprint density at radius 3 is 2.62 bits per heavy atom. The fourth-order valence-corrected chi connectivity index (χ4v) is 1.79. The first kappa shape index (κ1) is 10.5. The highest BCUT2D eigenvalue weighted by Crippen LogP contribution is 2.33. The third-order valence-electron chi connectivity index (χ3n) is 2.80. The summed E-state index contributed by atoms with van der Waals surface area (Å²) < 4.78 is 5.00. The van der Waals surface area contributed by atoms with Gasteiger partial charge in [-0.2, -0.15) is 0 Å². The molecule has 0 saturated carbocycles. The second-order valence-electron chi connectivity index (χ2n) is 3.70. The summed E-state index contributed by atoms with van der Waals surface area (Å²) in [5, 5.41) is 11.7. The summed E-state index contributed by atoms with van der Waals surface area (Å²) in [6.07, 6.45) is 0. The van der Waals surface area contributed by atoms with Crippen LogP contribution in [0.4, 0.5) is 5.69 Å². The Morgan fingerprint density at radius 2 is 2.06 bits per heavy atom. The number of aromatic amines is 1. The molecule has 2 aromatic rings. The zero-order valence-electron chi connectivity index (χ0n) is 9.33.